The average molecular weight is 289 g/mol. The van der Waals surface area contributed by atoms with Crippen LogP contribution in [0.1, 0.15) is 63.9 Å². The fourth-order valence-electron chi connectivity index (χ4n) is 3.23. The third-order valence-corrected chi connectivity index (χ3v) is 4.94. The van der Waals surface area contributed by atoms with Crippen LogP contribution in [-0.2, 0) is 0 Å². The first-order valence-corrected chi connectivity index (χ1v) is 8.64. The monoisotopic (exact) mass is 289 g/mol. The first kappa shape index (κ1) is 16.4. The van der Waals surface area contributed by atoms with Gasteiger partial charge in [0.2, 0.25) is 0 Å². The lowest BCUT2D eigenvalue weighted by molar-refractivity contribution is 0.268. The zero-order valence-corrected chi connectivity index (χ0v) is 13.9. The van der Waals surface area contributed by atoms with E-state index in [1.165, 1.54) is 50.6 Å². The van der Waals surface area contributed by atoms with E-state index < -0.39 is 0 Å². The maximum absolute atomic E-state index is 5.32. The predicted molar refractivity (Wildman–Crippen MR) is 90.1 cm³/mol. The van der Waals surface area contributed by atoms with Crippen molar-refractivity contribution < 1.29 is 4.74 Å². The minimum absolute atomic E-state index is 0.716. The number of nitrogens with one attached hydrogen (secondary N) is 1. The van der Waals surface area contributed by atoms with Crippen molar-refractivity contribution >= 4 is 0 Å². The van der Waals surface area contributed by atoms with Gasteiger partial charge in [0.05, 0.1) is 7.11 Å². The first-order chi connectivity index (χ1) is 10.3. The van der Waals surface area contributed by atoms with Crippen LogP contribution in [0.25, 0.3) is 0 Å². The fourth-order valence-corrected chi connectivity index (χ4v) is 3.23. The molecule has 1 N–H and O–H groups in total. The summed E-state index contributed by atoms with van der Waals surface area (Å²) in [5.41, 5.74) is 1.44. The van der Waals surface area contributed by atoms with E-state index in [9.17, 15) is 0 Å². The molecular formula is C19H31NO. The third kappa shape index (κ3) is 4.74. The minimum Gasteiger partial charge on any atom is -0.497 e. The predicted octanol–water partition coefficient (Wildman–Crippen LogP) is 4.75. The molecule has 0 amide bonds. The van der Waals surface area contributed by atoms with Gasteiger partial charge in [-0.3, -0.25) is 0 Å². The van der Waals surface area contributed by atoms with Gasteiger partial charge < -0.3 is 10.1 Å². The summed E-state index contributed by atoms with van der Waals surface area (Å²) >= 11 is 0. The highest BCUT2D eigenvalue weighted by Gasteiger charge is 2.30. The number of hydrogen-bond acceptors (Lipinski definition) is 2. The molecule has 1 fully saturated rings. The van der Waals surface area contributed by atoms with Crippen molar-refractivity contribution in [3.05, 3.63) is 29.8 Å². The number of benzene rings is 1. The van der Waals surface area contributed by atoms with Gasteiger partial charge >= 0.3 is 0 Å². The normalized spacial score (nSPS) is 22.6. The largest absolute Gasteiger partial charge is 0.497 e. The van der Waals surface area contributed by atoms with Crippen LogP contribution in [0.15, 0.2) is 24.3 Å². The van der Waals surface area contributed by atoms with Crippen LogP contribution < -0.4 is 10.1 Å². The molecule has 0 aliphatic heterocycles. The van der Waals surface area contributed by atoms with E-state index in [1.54, 1.807) is 7.11 Å². The molecule has 118 valence electrons. The lowest BCUT2D eigenvalue weighted by Crippen LogP contribution is -2.42. The molecule has 2 rings (SSSR count). The number of hydrogen-bond donors (Lipinski definition) is 1. The average Bonchev–Trinajstić information content (AvgIpc) is 2.49. The molecule has 2 nitrogen and oxygen atoms in total. The van der Waals surface area contributed by atoms with E-state index in [4.69, 9.17) is 4.74 Å². The highest BCUT2D eigenvalue weighted by atomic mass is 16.5. The molecule has 1 aliphatic carbocycles. The second kappa shape index (κ2) is 8.43. The lowest BCUT2D eigenvalue weighted by Gasteiger charge is -2.37. The lowest BCUT2D eigenvalue weighted by atomic mass is 9.75. The van der Waals surface area contributed by atoms with E-state index >= 15 is 0 Å². The maximum atomic E-state index is 5.32. The van der Waals surface area contributed by atoms with Crippen molar-refractivity contribution in [2.24, 2.45) is 5.92 Å². The van der Waals surface area contributed by atoms with Crippen molar-refractivity contribution in [2.45, 2.75) is 64.3 Å². The number of unbranched alkanes of at least 4 members (excludes halogenated alkanes) is 1. The van der Waals surface area contributed by atoms with Gasteiger partial charge in [0, 0.05) is 6.04 Å². The summed E-state index contributed by atoms with van der Waals surface area (Å²) in [5, 5.41) is 3.78. The van der Waals surface area contributed by atoms with Gasteiger partial charge in [-0.05, 0) is 55.3 Å². The number of ether oxygens (including phenoxy) is 1. The smallest absolute Gasteiger partial charge is 0.119 e. The van der Waals surface area contributed by atoms with Crippen molar-refractivity contribution in [2.75, 3.05) is 13.7 Å². The molecule has 1 saturated carbocycles. The second-order valence-corrected chi connectivity index (χ2v) is 6.47. The molecule has 2 heteroatoms. The van der Waals surface area contributed by atoms with Crippen LogP contribution in [-0.4, -0.2) is 19.7 Å². The van der Waals surface area contributed by atoms with Crippen molar-refractivity contribution in [1.82, 2.24) is 5.32 Å². The molecule has 1 aromatic carbocycles. The van der Waals surface area contributed by atoms with Crippen LogP contribution in [0.4, 0.5) is 0 Å². The van der Waals surface area contributed by atoms with Crippen molar-refractivity contribution in [3.63, 3.8) is 0 Å². The van der Waals surface area contributed by atoms with Gasteiger partial charge in [-0.2, -0.15) is 0 Å². The summed E-state index contributed by atoms with van der Waals surface area (Å²) < 4.78 is 5.32. The Labute approximate surface area is 130 Å². The fraction of sp³-hybridized carbons (Fsp3) is 0.684. The Bertz CT molecular complexity index is 412. The highest BCUT2D eigenvalue weighted by molar-refractivity contribution is 5.32. The Kier molecular flexibility index (Phi) is 6.56. The minimum atomic E-state index is 0.716. The summed E-state index contributed by atoms with van der Waals surface area (Å²) in [4.78, 5) is 0. The Balaban J connectivity index is 1.71. The molecule has 1 unspecified atom stereocenters. The summed E-state index contributed by atoms with van der Waals surface area (Å²) in [7, 11) is 1.74. The summed E-state index contributed by atoms with van der Waals surface area (Å²) in [6.45, 7) is 5.80. The molecule has 1 aromatic rings. The number of methoxy groups -OCH3 is 1. The Morgan fingerprint density at radius 3 is 2.76 bits per heavy atom. The number of rotatable bonds is 9. The van der Waals surface area contributed by atoms with Gasteiger partial charge in [0.25, 0.3) is 0 Å². The quantitative estimate of drug-likeness (QED) is 0.708. The third-order valence-electron chi connectivity index (χ3n) is 4.94. The van der Waals surface area contributed by atoms with E-state index in [-0.39, 0.29) is 0 Å². The van der Waals surface area contributed by atoms with Gasteiger partial charge in [0.1, 0.15) is 5.75 Å². The molecule has 0 saturated heterocycles. The van der Waals surface area contributed by atoms with Crippen LogP contribution in [0.3, 0.4) is 0 Å². The summed E-state index contributed by atoms with van der Waals surface area (Å²) in [5.74, 6) is 2.56. The molecule has 0 radical (unpaired) electrons. The van der Waals surface area contributed by atoms with Gasteiger partial charge in [-0.25, -0.2) is 0 Å². The molecule has 0 aromatic heterocycles. The van der Waals surface area contributed by atoms with Crippen LogP contribution in [0.5, 0.6) is 5.75 Å². The van der Waals surface area contributed by atoms with Crippen LogP contribution >= 0.6 is 0 Å². The van der Waals surface area contributed by atoms with Crippen LogP contribution in [0, 0.1) is 5.92 Å². The highest BCUT2D eigenvalue weighted by Crippen LogP contribution is 2.38. The molecule has 0 heterocycles. The molecule has 0 bridgehead atoms. The van der Waals surface area contributed by atoms with E-state index in [0.29, 0.717) is 5.92 Å². The Hall–Kier alpha value is -1.02. The summed E-state index contributed by atoms with van der Waals surface area (Å²) in [6, 6.07) is 9.28. The first-order valence-electron chi connectivity index (χ1n) is 8.64. The Morgan fingerprint density at radius 2 is 2.10 bits per heavy atom. The zero-order chi connectivity index (χ0) is 15.1. The SMILES string of the molecule is CCCCC(CC)CNC1CC(c2cccc(OC)c2)C1. The standard InChI is InChI=1S/C19H31NO/c1-4-6-8-15(5-2)14-20-18-11-17(12-18)16-9-7-10-19(13-16)21-3/h7,9-10,13,15,17-18,20H,4-6,8,11-12,14H2,1-3H3. The van der Waals surface area contributed by atoms with Gasteiger partial charge in [0.15, 0.2) is 0 Å². The molecule has 0 spiro atoms. The van der Waals surface area contributed by atoms with Gasteiger partial charge in [-0.1, -0.05) is 45.2 Å². The van der Waals surface area contributed by atoms with E-state index in [2.05, 4.69) is 37.4 Å². The van der Waals surface area contributed by atoms with Crippen LogP contribution in [0.2, 0.25) is 0 Å². The maximum Gasteiger partial charge on any atom is 0.119 e. The van der Waals surface area contributed by atoms with Crippen molar-refractivity contribution in [3.8, 4) is 5.75 Å². The molecule has 21 heavy (non-hydrogen) atoms. The molecule has 1 atom stereocenters. The molecule has 1 aliphatic rings. The second-order valence-electron chi connectivity index (χ2n) is 6.47. The summed E-state index contributed by atoms with van der Waals surface area (Å²) in [6.07, 6.45) is 7.93. The zero-order valence-electron chi connectivity index (χ0n) is 13.9. The van der Waals surface area contributed by atoms with Gasteiger partial charge in [-0.15, -0.1) is 0 Å². The van der Waals surface area contributed by atoms with Crippen molar-refractivity contribution in [1.29, 1.82) is 0 Å². The van der Waals surface area contributed by atoms with E-state index in [1.807, 2.05) is 6.07 Å². The topological polar surface area (TPSA) is 21.3 Å². The Morgan fingerprint density at radius 1 is 1.29 bits per heavy atom. The molecular weight excluding hydrogens is 258 g/mol. The van der Waals surface area contributed by atoms with E-state index in [0.717, 1.165) is 17.7 Å².